The number of nitro benzene ring substituents is 1. The number of Topliss-reactive ketones (excluding diaryl/α,β-unsaturated/α-hetero) is 1. The van der Waals surface area contributed by atoms with E-state index in [9.17, 15) is 24.8 Å². The molecule has 0 saturated carbocycles. The number of aliphatic hydroxyl groups excluding tert-OH is 1. The Hall–Kier alpha value is -3.72. The van der Waals surface area contributed by atoms with Gasteiger partial charge in [0.2, 0.25) is 0 Å². The lowest BCUT2D eigenvalue weighted by Crippen LogP contribution is -2.35. The SMILES string of the molecule is CC(C)Oc1ccc(/C(O)=C2/C(=O)C(=O)N(CCN(C)C)C2c2cccc([N+](=O)[O-])c2)cc1. The maximum absolute atomic E-state index is 13.0. The number of rotatable bonds is 8. The standard InChI is InChI=1S/C24H27N3O6/c1-15(2)33-19-10-8-16(9-11-19)22(28)20-21(17-6-5-7-18(14-17)27(31)32)26(13-12-25(3)4)24(30)23(20)29/h5-11,14-15,21,28H,12-13H2,1-4H3/b22-20-. The molecule has 0 aliphatic carbocycles. The molecule has 0 aromatic heterocycles. The maximum atomic E-state index is 13.0. The number of likely N-dealkylation sites (N-methyl/N-ethyl adjacent to an activating group) is 1. The second kappa shape index (κ2) is 9.83. The van der Waals surface area contributed by atoms with E-state index in [0.717, 1.165) is 0 Å². The van der Waals surface area contributed by atoms with Crippen molar-refractivity contribution in [1.29, 1.82) is 0 Å². The minimum Gasteiger partial charge on any atom is -0.507 e. The Balaban J connectivity index is 2.11. The van der Waals surface area contributed by atoms with Crippen LogP contribution in [0.1, 0.15) is 31.0 Å². The van der Waals surface area contributed by atoms with E-state index >= 15 is 0 Å². The number of hydrogen-bond acceptors (Lipinski definition) is 7. The van der Waals surface area contributed by atoms with Crippen LogP contribution in [-0.2, 0) is 9.59 Å². The van der Waals surface area contributed by atoms with E-state index in [1.807, 2.05) is 32.8 Å². The third kappa shape index (κ3) is 5.20. The molecule has 1 aliphatic heterocycles. The lowest BCUT2D eigenvalue weighted by molar-refractivity contribution is -0.384. The Morgan fingerprint density at radius 1 is 1.18 bits per heavy atom. The summed E-state index contributed by atoms with van der Waals surface area (Å²) in [5, 5.41) is 22.4. The summed E-state index contributed by atoms with van der Waals surface area (Å²) in [4.78, 5) is 39.9. The van der Waals surface area contributed by atoms with E-state index in [-0.39, 0.29) is 29.7 Å². The molecular formula is C24H27N3O6. The average Bonchev–Trinajstić information content (AvgIpc) is 3.02. The molecule has 1 atom stereocenters. The number of nitro groups is 1. The van der Waals surface area contributed by atoms with E-state index in [1.54, 1.807) is 30.3 Å². The summed E-state index contributed by atoms with van der Waals surface area (Å²) in [5.41, 5.74) is 0.452. The van der Waals surface area contributed by atoms with E-state index in [4.69, 9.17) is 4.74 Å². The Morgan fingerprint density at radius 2 is 1.85 bits per heavy atom. The fourth-order valence-corrected chi connectivity index (χ4v) is 3.69. The van der Waals surface area contributed by atoms with Crippen molar-refractivity contribution in [3.05, 3.63) is 75.3 Å². The molecule has 1 fully saturated rings. The fraction of sp³-hybridized carbons (Fsp3) is 0.333. The summed E-state index contributed by atoms with van der Waals surface area (Å²) in [6.45, 7) is 4.47. The van der Waals surface area contributed by atoms with Crippen molar-refractivity contribution in [2.24, 2.45) is 0 Å². The third-order valence-electron chi connectivity index (χ3n) is 5.22. The molecule has 1 N–H and O–H groups in total. The molecule has 0 spiro atoms. The number of likely N-dealkylation sites (tertiary alicyclic amines) is 1. The molecule has 174 valence electrons. The summed E-state index contributed by atoms with van der Waals surface area (Å²) in [6.07, 6.45) is -0.0275. The van der Waals surface area contributed by atoms with E-state index in [1.165, 1.54) is 23.1 Å². The number of amides is 1. The molecule has 0 radical (unpaired) electrons. The van der Waals surface area contributed by atoms with E-state index in [0.29, 0.717) is 23.4 Å². The van der Waals surface area contributed by atoms with Crippen molar-refractivity contribution in [3.8, 4) is 5.75 Å². The molecule has 3 rings (SSSR count). The van der Waals surface area contributed by atoms with Crippen LogP contribution >= 0.6 is 0 Å². The first-order chi connectivity index (χ1) is 15.6. The van der Waals surface area contributed by atoms with Gasteiger partial charge in [0.15, 0.2) is 0 Å². The predicted octanol–water partition coefficient (Wildman–Crippen LogP) is 3.37. The van der Waals surface area contributed by atoms with Crippen LogP contribution in [0.3, 0.4) is 0 Å². The molecule has 33 heavy (non-hydrogen) atoms. The van der Waals surface area contributed by atoms with Gasteiger partial charge in [-0.05, 0) is 57.8 Å². The van der Waals surface area contributed by atoms with Crippen LogP contribution in [0, 0.1) is 10.1 Å². The smallest absolute Gasteiger partial charge is 0.295 e. The Kier molecular flexibility index (Phi) is 7.13. The van der Waals surface area contributed by atoms with E-state index < -0.39 is 22.7 Å². The second-order valence-corrected chi connectivity index (χ2v) is 8.34. The molecule has 1 amide bonds. The number of aliphatic hydroxyl groups is 1. The van der Waals surface area contributed by atoms with Gasteiger partial charge in [0, 0.05) is 30.8 Å². The van der Waals surface area contributed by atoms with Gasteiger partial charge >= 0.3 is 0 Å². The van der Waals surface area contributed by atoms with Gasteiger partial charge in [-0.15, -0.1) is 0 Å². The average molecular weight is 453 g/mol. The number of carbonyl (C=O) groups is 2. The number of nitrogens with zero attached hydrogens (tertiary/aromatic N) is 3. The molecule has 1 aliphatic rings. The van der Waals surface area contributed by atoms with Crippen molar-refractivity contribution in [3.63, 3.8) is 0 Å². The third-order valence-corrected chi connectivity index (χ3v) is 5.22. The Morgan fingerprint density at radius 3 is 2.42 bits per heavy atom. The maximum Gasteiger partial charge on any atom is 0.295 e. The molecule has 1 unspecified atom stereocenters. The van der Waals surface area contributed by atoms with Gasteiger partial charge in [0.1, 0.15) is 11.5 Å². The highest BCUT2D eigenvalue weighted by atomic mass is 16.6. The van der Waals surface area contributed by atoms with Gasteiger partial charge in [-0.2, -0.15) is 0 Å². The summed E-state index contributed by atoms with van der Waals surface area (Å²) in [7, 11) is 3.67. The summed E-state index contributed by atoms with van der Waals surface area (Å²) >= 11 is 0. The van der Waals surface area contributed by atoms with Crippen LogP contribution in [0.2, 0.25) is 0 Å². The molecule has 9 heteroatoms. The number of carbonyl (C=O) groups excluding carboxylic acids is 2. The minimum atomic E-state index is -0.948. The topological polar surface area (TPSA) is 113 Å². The summed E-state index contributed by atoms with van der Waals surface area (Å²) in [5.74, 6) is -1.32. The zero-order chi connectivity index (χ0) is 24.3. The highest BCUT2D eigenvalue weighted by molar-refractivity contribution is 6.46. The largest absolute Gasteiger partial charge is 0.507 e. The van der Waals surface area contributed by atoms with Gasteiger partial charge in [0.25, 0.3) is 17.4 Å². The fourth-order valence-electron chi connectivity index (χ4n) is 3.69. The van der Waals surface area contributed by atoms with Crippen molar-refractivity contribution in [1.82, 2.24) is 9.80 Å². The van der Waals surface area contributed by atoms with Crippen LogP contribution in [0.15, 0.2) is 54.1 Å². The number of benzene rings is 2. The van der Waals surface area contributed by atoms with Gasteiger partial charge in [-0.1, -0.05) is 12.1 Å². The number of hydrogen-bond donors (Lipinski definition) is 1. The summed E-state index contributed by atoms with van der Waals surface area (Å²) < 4.78 is 5.61. The van der Waals surface area contributed by atoms with E-state index in [2.05, 4.69) is 0 Å². The van der Waals surface area contributed by atoms with Crippen LogP contribution < -0.4 is 4.74 Å². The van der Waals surface area contributed by atoms with Crippen molar-refractivity contribution < 1.29 is 24.4 Å². The first-order valence-corrected chi connectivity index (χ1v) is 10.5. The molecule has 0 bridgehead atoms. The Labute approximate surface area is 192 Å². The zero-order valence-corrected chi connectivity index (χ0v) is 19.0. The lowest BCUT2D eigenvalue weighted by atomic mass is 9.95. The van der Waals surface area contributed by atoms with Crippen LogP contribution in [0.25, 0.3) is 5.76 Å². The molecule has 2 aromatic carbocycles. The quantitative estimate of drug-likeness (QED) is 0.214. The zero-order valence-electron chi connectivity index (χ0n) is 19.0. The van der Waals surface area contributed by atoms with Gasteiger partial charge < -0.3 is 19.6 Å². The van der Waals surface area contributed by atoms with Gasteiger partial charge in [0.05, 0.1) is 22.6 Å². The van der Waals surface area contributed by atoms with Crippen LogP contribution in [0.4, 0.5) is 5.69 Å². The monoisotopic (exact) mass is 453 g/mol. The molecule has 1 saturated heterocycles. The van der Waals surface area contributed by atoms with Crippen molar-refractivity contribution in [2.75, 3.05) is 27.2 Å². The van der Waals surface area contributed by atoms with Crippen LogP contribution in [-0.4, -0.2) is 64.8 Å². The van der Waals surface area contributed by atoms with Gasteiger partial charge in [-0.3, -0.25) is 19.7 Å². The molecule has 1 heterocycles. The predicted molar refractivity (Wildman–Crippen MR) is 123 cm³/mol. The Bertz CT molecular complexity index is 1090. The molecule has 2 aromatic rings. The number of non-ortho nitro benzene ring substituents is 1. The second-order valence-electron chi connectivity index (χ2n) is 8.34. The first-order valence-electron chi connectivity index (χ1n) is 10.5. The highest BCUT2D eigenvalue weighted by Gasteiger charge is 2.46. The lowest BCUT2D eigenvalue weighted by Gasteiger charge is -2.26. The van der Waals surface area contributed by atoms with Crippen molar-refractivity contribution in [2.45, 2.75) is 26.0 Å². The number of ketones is 1. The van der Waals surface area contributed by atoms with Gasteiger partial charge in [-0.25, -0.2) is 0 Å². The molecular weight excluding hydrogens is 426 g/mol. The minimum absolute atomic E-state index is 0.0275. The normalized spacial score (nSPS) is 17.8. The first kappa shape index (κ1) is 23.9. The summed E-state index contributed by atoms with van der Waals surface area (Å²) in [6, 6.07) is 11.4. The van der Waals surface area contributed by atoms with Crippen LogP contribution in [0.5, 0.6) is 5.75 Å². The van der Waals surface area contributed by atoms with Crippen molar-refractivity contribution >= 4 is 23.1 Å². The highest BCUT2D eigenvalue weighted by Crippen LogP contribution is 2.40. The number of ether oxygens (including phenoxy) is 1. The molecule has 9 nitrogen and oxygen atoms in total.